The number of rotatable bonds is 11. The fraction of sp³-hybridized carbons (Fsp3) is 0.611. The average Bonchev–Trinajstić information content (AvgIpc) is 2.53. The number of benzene rings is 1. The first-order chi connectivity index (χ1) is 10.7. The quantitative estimate of drug-likeness (QED) is 0.210. The number of aliphatic hydroxyl groups excluding tert-OH is 1. The second kappa shape index (κ2) is 11.2. The van der Waals surface area contributed by atoms with Crippen molar-refractivity contribution in [3.8, 4) is 0 Å². The molecule has 1 aromatic carbocycles. The molecule has 0 radical (unpaired) electrons. The zero-order valence-corrected chi connectivity index (χ0v) is 13.7. The summed E-state index contributed by atoms with van der Waals surface area (Å²) in [6, 6.07) is 9.12. The van der Waals surface area contributed by atoms with Gasteiger partial charge in [0, 0.05) is 5.56 Å². The van der Waals surface area contributed by atoms with Crippen LogP contribution in [0.1, 0.15) is 64.4 Å². The van der Waals surface area contributed by atoms with Crippen molar-refractivity contribution in [1.82, 2.24) is 0 Å². The molecule has 0 bridgehead atoms. The summed E-state index contributed by atoms with van der Waals surface area (Å²) in [5, 5.41) is 22.7. The fourth-order valence-corrected chi connectivity index (χ4v) is 2.51. The van der Waals surface area contributed by atoms with Crippen molar-refractivity contribution >= 4 is 5.71 Å². The Morgan fingerprint density at radius 3 is 2.36 bits per heavy atom. The van der Waals surface area contributed by atoms with Crippen molar-refractivity contribution in [2.75, 3.05) is 0 Å². The van der Waals surface area contributed by atoms with E-state index < -0.39 is 6.29 Å². The molecule has 4 heteroatoms. The highest BCUT2D eigenvalue weighted by Crippen LogP contribution is 2.16. The maximum atomic E-state index is 10.2. The molecule has 0 aliphatic heterocycles. The molecule has 0 aromatic heterocycles. The van der Waals surface area contributed by atoms with E-state index in [2.05, 4.69) is 19.0 Å². The van der Waals surface area contributed by atoms with Crippen LogP contribution in [0.3, 0.4) is 0 Å². The molecule has 4 nitrogen and oxygen atoms in total. The Morgan fingerprint density at radius 2 is 1.77 bits per heavy atom. The first-order valence-corrected chi connectivity index (χ1v) is 8.33. The van der Waals surface area contributed by atoms with Crippen molar-refractivity contribution in [3.05, 3.63) is 35.9 Å². The number of aliphatic hydroxyl groups is 1. The molecule has 124 valence electrons. The summed E-state index contributed by atoms with van der Waals surface area (Å²) in [7, 11) is 0. The van der Waals surface area contributed by atoms with Crippen molar-refractivity contribution in [1.29, 1.82) is 0 Å². The summed E-state index contributed by atoms with van der Waals surface area (Å²) in [4.78, 5) is 0. The second-order valence-corrected chi connectivity index (χ2v) is 5.60. The van der Waals surface area contributed by atoms with E-state index in [9.17, 15) is 10.3 Å². The minimum atomic E-state index is -1.20. The predicted molar refractivity (Wildman–Crippen MR) is 89.3 cm³/mol. The molecule has 0 fully saturated rings. The Kier molecular flexibility index (Phi) is 9.51. The summed E-state index contributed by atoms with van der Waals surface area (Å²) in [6.45, 7) is 4.29. The van der Waals surface area contributed by atoms with Gasteiger partial charge in [-0.2, -0.15) is 0 Å². The van der Waals surface area contributed by atoms with E-state index in [1.54, 1.807) is 12.1 Å². The van der Waals surface area contributed by atoms with E-state index in [4.69, 9.17) is 4.74 Å². The van der Waals surface area contributed by atoms with E-state index in [-0.39, 0.29) is 11.8 Å². The van der Waals surface area contributed by atoms with Crippen LogP contribution in [-0.4, -0.2) is 28.4 Å². The molecule has 2 atom stereocenters. The third kappa shape index (κ3) is 6.58. The lowest BCUT2D eigenvalue weighted by atomic mass is 10.1. The lowest BCUT2D eigenvalue weighted by Gasteiger charge is -2.22. The van der Waals surface area contributed by atoms with Crippen LogP contribution in [0, 0.1) is 0 Å². The number of hydrogen-bond donors (Lipinski definition) is 2. The topological polar surface area (TPSA) is 62.0 Å². The molecule has 0 aliphatic carbocycles. The number of oxime groups is 1. The summed E-state index contributed by atoms with van der Waals surface area (Å²) < 4.78 is 5.74. The number of ether oxygens (including phenoxy) is 1. The summed E-state index contributed by atoms with van der Waals surface area (Å²) in [5.74, 6) is 0. The second-order valence-electron chi connectivity index (χ2n) is 5.60. The van der Waals surface area contributed by atoms with Crippen molar-refractivity contribution in [2.24, 2.45) is 5.16 Å². The Balaban J connectivity index is 2.59. The van der Waals surface area contributed by atoms with Crippen LogP contribution in [0.4, 0.5) is 0 Å². The third-order valence-electron chi connectivity index (χ3n) is 3.72. The summed E-state index contributed by atoms with van der Waals surface area (Å²) in [5.41, 5.74) is 0.828. The summed E-state index contributed by atoms with van der Waals surface area (Å²) in [6.07, 6.45) is 6.36. The number of unbranched alkanes of at least 4 members (excludes halogenated alkanes) is 3. The van der Waals surface area contributed by atoms with Crippen LogP contribution < -0.4 is 0 Å². The van der Waals surface area contributed by atoms with Gasteiger partial charge in [0.2, 0.25) is 6.29 Å². The lowest BCUT2D eigenvalue weighted by Crippen LogP contribution is -2.30. The maximum Gasteiger partial charge on any atom is 0.202 e. The predicted octanol–water partition coefficient (Wildman–Crippen LogP) is 4.34. The van der Waals surface area contributed by atoms with E-state index >= 15 is 0 Å². The number of hydrogen-bond acceptors (Lipinski definition) is 4. The highest BCUT2D eigenvalue weighted by Gasteiger charge is 2.20. The molecule has 0 amide bonds. The molecular weight excluding hydrogens is 278 g/mol. The molecule has 0 aliphatic rings. The van der Waals surface area contributed by atoms with Crippen LogP contribution in [0.25, 0.3) is 0 Å². The molecule has 22 heavy (non-hydrogen) atoms. The van der Waals surface area contributed by atoms with Crippen molar-refractivity contribution in [2.45, 2.75) is 71.2 Å². The SMILES string of the molecule is CCCCCCC(CCC)OC(O)C(=NO)c1ccccc1. The third-order valence-corrected chi connectivity index (χ3v) is 3.72. The molecule has 0 saturated heterocycles. The molecule has 0 spiro atoms. The Labute approximate surface area is 133 Å². The largest absolute Gasteiger partial charge is 0.410 e. The molecule has 2 N–H and O–H groups in total. The molecule has 2 unspecified atom stereocenters. The first kappa shape index (κ1) is 18.7. The van der Waals surface area contributed by atoms with Gasteiger partial charge in [-0.25, -0.2) is 0 Å². The zero-order chi connectivity index (χ0) is 16.2. The van der Waals surface area contributed by atoms with Gasteiger partial charge in [-0.15, -0.1) is 0 Å². The van der Waals surface area contributed by atoms with Crippen LogP contribution in [0.2, 0.25) is 0 Å². The van der Waals surface area contributed by atoms with Crippen molar-refractivity contribution in [3.63, 3.8) is 0 Å². The van der Waals surface area contributed by atoms with Gasteiger partial charge in [0.05, 0.1) is 6.10 Å². The van der Waals surface area contributed by atoms with E-state index in [0.29, 0.717) is 5.56 Å². The van der Waals surface area contributed by atoms with Crippen LogP contribution in [0.15, 0.2) is 35.5 Å². The Hall–Kier alpha value is -1.39. The highest BCUT2D eigenvalue weighted by molar-refractivity contribution is 6.02. The Bertz CT molecular complexity index is 420. The smallest absolute Gasteiger partial charge is 0.202 e. The fourth-order valence-electron chi connectivity index (χ4n) is 2.51. The van der Waals surface area contributed by atoms with Gasteiger partial charge >= 0.3 is 0 Å². The minimum Gasteiger partial charge on any atom is -0.410 e. The van der Waals surface area contributed by atoms with Gasteiger partial charge in [0.1, 0.15) is 5.71 Å². The zero-order valence-electron chi connectivity index (χ0n) is 13.7. The van der Waals surface area contributed by atoms with Gasteiger partial charge in [-0.1, -0.05) is 81.4 Å². The van der Waals surface area contributed by atoms with Gasteiger partial charge < -0.3 is 15.1 Å². The lowest BCUT2D eigenvalue weighted by molar-refractivity contribution is -0.0981. The van der Waals surface area contributed by atoms with Gasteiger partial charge in [0.15, 0.2) is 0 Å². The first-order valence-electron chi connectivity index (χ1n) is 8.33. The van der Waals surface area contributed by atoms with Gasteiger partial charge in [0.25, 0.3) is 0 Å². The Morgan fingerprint density at radius 1 is 1.05 bits per heavy atom. The molecular formula is C18H29NO3. The highest BCUT2D eigenvalue weighted by atomic mass is 16.6. The maximum absolute atomic E-state index is 10.2. The number of nitrogens with zero attached hydrogens (tertiary/aromatic N) is 1. The monoisotopic (exact) mass is 307 g/mol. The van der Waals surface area contributed by atoms with Crippen LogP contribution in [0.5, 0.6) is 0 Å². The van der Waals surface area contributed by atoms with Crippen molar-refractivity contribution < 1.29 is 15.1 Å². The van der Waals surface area contributed by atoms with Crippen LogP contribution >= 0.6 is 0 Å². The molecule has 0 saturated carbocycles. The van der Waals surface area contributed by atoms with E-state index in [1.165, 1.54) is 19.3 Å². The van der Waals surface area contributed by atoms with Crippen LogP contribution in [-0.2, 0) is 4.74 Å². The van der Waals surface area contributed by atoms with E-state index in [1.807, 2.05) is 18.2 Å². The minimum absolute atomic E-state index is 0.00248. The molecule has 0 heterocycles. The normalized spacial score (nSPS) is 14.8. The van der Waals surface area contributed by atoms with Gasteiger partial charge in [-0.05, 0) is 12.8 Å². The van der Waals surface area contributed by atoms with Gasteiger partial charge in [-0.3, -0.25) is 0 Å². The standard InChI is InChI=1S/C18H29NO3/c1-3-5-6-10-14-16(11-4-2)22-18(20)17(19-21)15-12-8-7-9-13-15/h7-9,12-13,16,18,20-21H,3-6,10-11,14H2,1-2H3. The van der Waals surface area contributed by atoms with E-state index in [0.717, 1.165) is 25.7 Å². The molecule has 1 aromatic rings. The average molecular weight is 307 g/mol. The molecule has 1 rings (SSSR count). The summed E-state index contributed by atoms with van der Waals surface area (Å²) >= 11 is 0.